The summed E-state index contributed by atoms with van der Waals surface area (Å²) in [6.45, 7) is 0.570. The summed E-state index contributed by atoms with van der Waals surface area (Å²) in [5, 5.41) is 5.92. The molecule has 0 saturated heterocycles. The molecule has 25 heavy (non-hydrogen) atoms. The molecule has 0 bridgehead atoms. The molecule has 7 heteroatoms. The van der Waals surface area contributed by atoms with Crippen molar-refractivity contribution in [1.82, 2.24) is 5.32 Å². The van der Waals surface area contributed by atoms with E-state index in [2.05, 4.69) is 10.6 Å². The molecule has 0 heterocycles. The second-order valence-electron chi connectivity index (χ2n) is 5.03. The fourth-order valence-corrected chi connectivity index (χ4v) is 2.24. The van der Waals surface area contributed by atoms with Crippen molar-refractivity contribution in [2.45, 2.75) is 6.54 Å². The van der Waals surface area contributed by atoms with Gasteiger partial charge in [-0.3, -0.25) is 4.79 Å². The van der Waals surface area contributed by atoms with E-state index in [1.165, 1.54) is 0 Å². The third kappa shape index (κ3) is 5.76. The first-order valence-corrected chi connectivity index (χ1v) is 7.52. The van der Waals surface area contributed by atoms with Crippen LogP contribution in [0, 0.1) is 0 Å². The summed E-state index contributed by atoms with van der Waals surface area (Å²) in [6, 6.07) is 13.2. The van der Waals surface area contributed by atoms with Gasteiger partial charge in [0.2, 0.25) is 11.7 Å². The number of hydrogen-bond acceptors (Lipinski definition) is 5. The van der Waals surface area contributed by atoms with Gasteiger partial charge in [0.25, 0.3) is 0 Å². The summed E-state index contributed by atoms with van der Waals surface area (Å²) in [4.78, 5) is 12.0. The van der Waals surface area contributed by atoms with Gasteiger partial charge in [-0.25, -0.2) is 0 Å². The molecule has 136 valence electrons. The highest BCUT2D eigenvalue weighted by atomic mass is 35.5. The van der Waals surface area contributed by atoms with Crippen molar-refractivity contribution in [3.63, 3.8) is 0 Å². The van der Waals surface area contributed by atoms with Gasteiger partial charge < -0.3 is 24.8 Å². The average Bonchev–Trinajstić information content (AvgIpc) is 2.64. The van der Waals surface area contributed by atoms with Crippen LogP contribution in [0.15, 0.2) is 42.5 Å². The van der Waals surface area contributed by atoms with Crippen molar-refractivity contribution in [2.24, 2.45) is 0 Å². The molecule has 2 rings (SSSR count). The Bertz CT molecular complexity index is 655. The molecule has 6 nitrogen and oxygen atoms in total. The van der Waals surface area contributed by atoms with Gasteiger partial charge in [-0.1, -0.05) is 18.2 Å². The normalized spacial score (nSPS) is 9.56. The number of hydrogen-bond donors (Lipinski definition) is 2. The maximum absolute atomic E-state index is 12.0. The van der Waals surface area contributed by atoms with Crippen LogP contribution in [0.4, 0.5) is 5.69 Å². The zero-order chi connectivity index (χ0) is 17.4. The third-order valence-electron chi connectivity index (χ3n) is 3.44. The van der Waals surface area contributed by atoms with E-state index >= 15 is 0 Å². The molecule has 0 saturated carbocycles. The minimum Gasteiger partial charge on any atom is -0.493 e. The topological polar surface area (TPSA) is 68.8 Å². The van der Waals surface area contributed by atoms with Gasteiger partial charge in [0.05, 0.1) is 27.9 Å². The van der Waals surface area contributed by atoms with Gasteiger partial charge >= 0.3 is 0 Å². The molecule has 0 fully saturated rings. The van der Waals surface area contributed by atoms with Crippen molar-refractivity contribution in [3.8, 4) is 17.2 Å². The summed E-state index contributed by atoms with van der Waals surface area (Å²) < 4.78 is 15.9. The van der Waals surface area contributed by atoms with Crippen molar-refractivity contribution < 1.29 is 19.0 Å². The molecule has 0 radical (unpaired) electrons. The Labute approximate surface area is 153 Å². The van der Waals surface area contributed by atoms with Crippen LogP contribution in [0.1, 0.15) is 5.56 Å². The lowest BCUT2D eigenvalue weighted by molar-refractivity contribution is -0.119. The smallest absolute Gasteiger partial charge is 0.239 e. The predicted octanol–water partition coefficient (Wildman–Crippen LogP) is 2.86. The lowest BCUT2D eigenvalue weighted by Gasteiger charge is -2.14. The first-order chi connectivity index (χ1) is 11.7. The molecule has 2 aromatic rings. The number of benzene rings is 2. The largest absolute Gasteiger partial charge is 0.493 e. The monoisotopic (exact) mass is 366 g/mol. The molecular formula is C18H23ClN2O4. The van der Waals surface area contributed by atoms with Crippen LogP contribution in [0.3, 0.4) is 0 Å². The Morgan fingerprint density at radius 1 is 0.960 bits per heavy atom. The number of carbonyl (C=O) groups is 1. The number of nitrogens with one attached hydrogen (secondary N) is 2. The molecule has 0 aromatic heterocycles. The standard InChI is InChI=1S/C18H22N2O4.ClH/c1-22-15-9-13(10-16(23-2)18(15)24-3)11-20-17(21)12-19-14-7-5-4-6-8-14;/h4-10,19H,11-12H2,1-3H3,(H,20,21);1H. The number of methoxy groups -OCH3 is 3. The predicted molar refractivity (Wildman–Crippen MR) is 100 cm³/mol. The number of ether oxygens (including phenoxy) is 3. The number of para-hydroxylation sites is 1. The molecule has 1 amide bonds. The third-order valence-corrected chi connectivity index (χ3v) is 3.44. The Kier molecular flexibility index (Phi) is 8.43. The van der Waals surface area contributed by atoms with E-state index in [1.807, 2.05) is 42.5 Å². The Balaban J connectivity index is 0.00000312. The number of halogens is 1. The minimum absolute atomic E-state index is 0. The second kappa shape index (κ2) is 10.3. The van der Waals surface area contributed by atoms with Crippen LogP contribution >= 0.6 is 12.4 Å². The van der Waals surface area contributed by atoms with Gasteiger partial charge in [-0.2, -0.15) is 0 Å². The van der Waals surface area contributed by atoms with E-state index in [-0.39, 0.29) is 24.9 Å². The SMILES string of the molecule is COc1cc(CNC(=O)CNc2ccccc2)cc(OC)c1OC.Cl. The summed E-state index contributed by atoms with van der Waals surface area (Å²) in [6.07, 6.45) is 0. The fourth-order valence-electron chi connectivity index (χ4n) is 2.24. The van der Waals surface area contributed by atoms with Crippen molar-refractivity contribution in [1.29, 1.82) is 0 Å². The lowest BCUT2D eigenvalue weighted by atomic mass is 10.1. The van der Waals surface area contributed by atoms with Crippen LogP contribution in [-0.4, -0.2) is 33.8 Å². The molecule has 0 aliphatic rings. The highest BCUT2D eigenvalue weighted by Gasteiger charge is 2.13. The van der Waals surface area contributed by atoms with E-state index in [1.54, 1.807) is 21.3 Å². The summed E-state index contributed by atoms with van der Waals surface area (Å²) >= 11 is 0. The molecule has 0 spiro atoms. The highest BCUT2D eigenvalue weighted by molar-refractivity contribution is 5.85. The Morgan fingerprint density at radius 2 is 1.56 bits per heavy atom. The van der Waals surface area contributed by atoms with Crippen LogP contribution < -0.4 is 24.8 Å². The lowest BCUT2D eigenvalue weighted by Crippen LogP contribution is -2.29. The highest BCUT2D eigenvalue weighted by Crippen LogP contribution is 2.38. The zero-order valence-corrected chi connectivity index (χ0v) is 15.3. The Morgan fingerprint density at radius 3 is 2.08 bits per heavy atom. The van der Waals surface area contributed by atoms with Crippen LogP contribution in [-0.2, 0) is 11.3 Å². The minimum atomic E-state index is -0.104. The van der Waals surface area contributed by atoms with E-state index in [0.29, 0.717) is 23.8 Å². The van der Waals surface area contributed by atoms with Gasteiger partial charge in [0, 0.05) is 12.2 Å². The van der Waals surface area contributed by atoms with Crippen molar-refractivity contribution in [3.05, 3.63) is 48.0 Å². The van der Waals surface area contributed by atoms with Gasteiger partial charge in [0.1, 0.15) is 0 Å². The molecule has 2 N–H and O–H groups in total. The summed E-state index contributed by atoms with van der Waals surface area (Å²) in [5.41, 5.74) is 1.76. The van der Waals surface area contributed by atoms with E-state index < -0.39 is 0 Å². The maximum atomic E-state index is 12.0. The van der Waals surface area contributed by atoms with Crippen molar-refractivity contribution >= 4 is 24.0 Å². The Hall–Kier alpha value is -2.60. The molecule has 0 unspecified atom stereocenters. The van der Waals surface area contributed by atoms with Crippen molar-refractivity contribution in [2.75, 3.05) is 33.2 Å². The number of anilines is 1. The molecule has 2 aromatic carbocycles. The summed E-state index contributed by atoms with van der Waals surface area (Å²) in [5.74, 6) is 1.54. The van der Waals surface area contributed by atoms with E-state index in [9.17, 15) is 4.79 Å². The van der Waals surface area contributed by atoms with Gasteiger partial charge in [-0.15, -0.1) is 12.4 Å². The first-order valence-electron chi connectivity index (χ1n) is 7.52. The van der Waals surface area contributed by atoms with Crippen LogP contribution in [0.25, 0.3) is 0 Å². The maximum Gasteiger partial charge on any atom is 0.239 e. The second-order valence-corrected chi connectivity index (χ2v) is 5.03. The quantitative estimate of drug-likeness (QED) is 0.751. The van der Waals surface area contributed by atoms with Gasteiger partial charge in [-0.05, 0) is 29.8 Å². The molecule has 0 aliphatic heterocycles. The fraction of sp³-hybridized carbons (Fsp3) is 0.278. The molecule has 0 atom stereocenters. The summed E-state index contributed by atoms with van der Waals surface area (Å²) in [7, 11) is 4.67. The first kappa shape index (κ1) is 20.4. The van der Waals surface area contributed by atoms with E-state index in [4.69, 9.17) is 14.2 Å². The number of rotatable bonds is 8. The van der Waals surface area contributed by atoms with Crippen LogP contribution in [0.2, 0.25) is 0 Å². The van der Waals surface area contributed by atoms with Crippen LogP contribution in [0.5, 0.6) is 17.2 Å². The zero-order valence-electron chi connectivity index (χ0n) is 14.5. The average molecular weight is 367 g/mol. The molecule has 0 aliphatic carbocycles. The van der Waals surface area contributed by atoms with E-state index in [0.717, 1.165) is 11.3 Å². The molecular weight excluding hydrogens is 344 g/mol. The number of carbonyl (C=O) groups excluding carboxylic acids is 1. The van der Waals surface area contributed by atoms with Gasteiger partial charge in [0.15, 0.2) is 11.5 Å². The number of amides is 1.